The molecule has 0 aliphatic rings. The van der Waals surface area contributed by atoms with Gasteiger partial charge in [0, 0.05) is 0 Å². The van der Waals surface area contributed by atoms with Crippen molar-refractivity contribution in [1.29, 1.82) is 0 Å². The second-order valence-electron chi connectivity index (χ2n) is 0.129. The third-order valence-corrected chi connectivity index (χ3v) is 0. The third kappa shape index (κ3) is 0.292. The predicted molar refractivity (Wildman–Crippen MR) is 15.8 cm³/mol. The van der Waals surface area contributed by atoms with Crippen LogP contribution in [0.1, 0.15) is 0 Å². The van der Waals surface area contributed by atoms with E-state index < -0.39 is 0 Å². The topological polar surface area (TPSA) is 55.2 Å². The van der Waals surface area contributed by atoms with Crippen molar-refractivity contribution >= 4 is 0 Å². The van der Waals surface area contributed by atoms with E-state index in [1.807, 2.05) is 0 Å². The maximum atomic E-state index is 7.10. The summed E-state index contributed by atoms with van der Waals surface area (Å²) in [4.78, 5) is 0. The molecule has 0 aromatic carbocycles. The zero-order chi connectivity index (χ0) is 2.71. The highest BCUT2D eigenvalue weighted by molar-refractivity contribution is 4.61. The van der Waals surface area contributed by atoms with Crippen LogP contribution < -0.4 is 6.15 Å². The Balaban J connectivity index is 0. The van der Waals surface area contributed by atoms with Crippen molar-refractivity contribution in [3.8, 4) is 12.5 Å². The monoisotopic (exact) mass is 59.0 g/mol. The lowest BCUT2D eigenvalue weighted by Gasteiger charge is -1.32. The first kappa shape index (κ1) is 10.3. The zero-order valence-corrected chi connectivity index (χ0v) is 2.23. The van der Waals surface area contributed by atoms with E-state index in [2.05, 4.69) is 6.42 Å². The molecule has 0 aromatic heterocycles. The summed E-state index contributed by atoms with van der Waals surface area (Å²) in [6, 6.07) is 0. The molecule has 0 rings (SSSR count). The van der Waals surface area contributed by atoms with Crippen LogP contribution in [0.3, 0.4) is 0 Å². The Bertz CT molecular complexity index is 27.5. The van der Waals surface area contributed by atoms with Gasteiger partial charge in [-0.05, 0) is 0 Å². The van der Waals surface area contributed by atoms with Crippen molar-refractivity contribution in [2.24, 2.45) is 0 Å². The molecule has 0 saturated carbocycles. The molecule has 2 nitrogen and oxygen atoms in total. The van der Waals surface area contributed by atoms with Gasteiger partial charge in [0.1, 0.15) is 6.11 Å². The molecular formula is C2H5NO. The van der Waals surface area contributed by atoms with Crippen LogP contribution in [-0.4, -0.2) is 5.11 Å². The molecule has 2 heteroatoms. The molecule has 0 radical (unpaired) electrons. The standard InChI is InChI=1S/C2H2O.H3N/c1-2-3;/h1,3H;1H3. The summed E-state index contributed by atoms with van der Waals surface area (Å²) >= 11 is 0. The lowest BCUT2D eigenvalue weighted by atomic mass is 11.3. The lowest BCUT2D eigenvalue weighted by molar-refractivity contribution is 0.518. The molecule has 0 aliphatic carbocycles. The number of terminal acetylenes is 1. The average Bonchev–Trinajstić information content (AvgIpc) is 0.918. The SMILES string of the molecule is C#CO.N. The number of hydrogen-bond donors (Lipinski definition) is 2. The first-order valence-electron chi connectivity index (χ1n) is 0.512. The van der Waals surface area contributed by atoms with Crippen LogP contribution in [0.25, 0.3) is 0 Å². The predicted octanol–water partition coefficient (Wildman–Crippen LogP) is 0.112. The average molecular weight is 59.1 g/mol. The van der Waals surface area contributed by atoms with E-state index >= 15 is 0 Å². The maximum absolute atomic E-state index is 7.10. The van der Waals surface area contributed by atoms with Crippen molar-refractivity contribution in [1.82, 2.24) is 6.15 Å². The molecule has 0 saturated heterocycles. The molecule has 0 amide bonds. The number of aliphatic hydroxyl groups excluding tert-OH is 1. The van der Waals surface area contributed by atoms with Crippen molar-refractivity contribution in [3.63, 3.8) is 0 Å². The van der Waals surface area contributed by atoms with Crippen LogP contribution in [0.4, 0.5) is 0 Å². The van der Waals surface area contributed by atoms with E-state index in [4.69, 9.17) is 5.11 Å². The van der Waals surface area contributed by atoms with E-state index in [0.717, 1.165) is 0 Å². The molecule has 0 aliphatic heterocycles. The van der Waals surface area contributed by atoms with Crippen LogP contribution in [0.2, 0.25) is 0 Å². The van der Waals surface area contributed by atoms with Crippen LogP contribution in [0.5, 0.6) is 0 Å². The summed E-state index contributed by atoms with van der Waals surface area (Å²) in [6.07, 6.45) is 5.40. The first-order chi connectivity index (χ1) is 1.41. The molecule has 0 bridgehead atoms. The Kier molecular flexibility index (Phi) is 101. The van der Waals surface area contributed by atoms with Gasteiger partial charge in [-0.2, -0.15) is 0 Å². The Morgan fingerprint density at radius 2 is 1.75 bits per heavy atom. The molecule has 0 heterocycles. The minimum absolute atomic E-state index is 0. The van der Waals surface area contributed by atoms with Gasteiger partial charge in [-0.15, -0.1) is 0 Å². The molecule has 0 atom stereocenters. The fraction of sp³-hybridized carbons (Fsp3) is 0. The summed E-state index contributed by atoms with van der Waals surface area (Å²) in [5, 5.41) is 7.10. The molecule has 0 fully saturated rings. The number of hydrogen-bond acceptors (Lipinski definition) is 2. The summed E-state index contributed by atoms with van der Waals surface area (Å²) in [6.45, 7) is 0. The molecule has 0 unspecified atom stereocenters. The van der Waals surface area contributed by atoms with E-state index in [9.17, 15) is 0 Å². The van der Waals surface area contributed by atoms with Gasteiger partial charge in [-0.3, -0.25) is 0 Å². The summed E-state index contributed by atoms with van der Waals surface area (Å²) in [5.74, 6) is 0. The quantitative estimate of drug-likeness (QED) is 0.389. The highest BCUT2D eigenvalue weighted by Gasteiger charge is 1.06. The Morgan fingerprint density at radius 1 is 1.75 bits per heavy atom. The minimum atomic E-state index is 0. The highest BCUT2D eigenvalue weighted by atomic mass is 16.2. The zero-order valence-electron chi connectivity index (χ0n) is 2.23. The summed E-state index contributed by atoms with van der Waals surface area (Å²) < 4.78 is 0. The van der Waals surface area contributed by atoms with E-state index in [0.29, 0.717) is 0 Å². The number of rotatable bonds is 0. The van der Waals surface area contributed by atoms with E-state index in [1.54, 1.807) is 0 Å². The number of aliphatic hydroxyl groups is 1. The smallest absolute Gasteiger partial charge is 0.103 e. The Labute approximate surface area is 25.0 Å². The Morgan fingerprint density at radius 3 is 1.75 bits per heavy atom. The van der Waals surface area contributed by atoms with Crippen LogP contribution >= 0.6 is 0 Å². The lowest BCUT2D eigenvalue weighted by Crippen LogP contribution is -1.27. The fourth-order valence-corrected chi connectivity index (χ4v) is 0. The van der Waals surface area contributed by atoms with Crippen molar-refractivity contribution in [2.75, 3.05) is 0 Å². The van der Waals surface area contributed by atoms with Gasteiger partial charge in [0.15, 0.2) is 0 Å². The van der Waals surface area contributed by atoms with Gasteiger partial charge >= 0.3 is 0 Å². The summed E-state index contributed by atoms with van der Waals surface area (Å²) in [7, 11) is 0. The molecule has 0 aromatic rings. The normalized spacial score (nSPS) is 1.75. The molecule has 0 spiro atoms. The van der Waals surface area contributed by atoms with Gasteiger partial charge in [-0.25, -0.2) is 0 Å². The van der Waals surface area contributed by atoms with E-state index in [-0.39, 0.29) is 6.15 Å². The fourth-order valence-electron chi connectivity index (χ4n) is 0. The highest BCUT2D eigenvalue weighted by Crippen LogP contribution is 1.06. The molecule has 4 N–H and O–H groups in total. The van der Waals surface area contributed by atoms with Crippen molar-refractivity contribution in [3.05, 3.63) is 0 Å². The molecular weight excluding hydrogens is 54.0 g/mol. The molecule has 24 valence electrons. The minimum Gasteiger partial charge on any atom is -0.462 e. The van der Waals surface area contributed by atoms with Gasteiger partial charge in [0.25, 0.3) is 0 Å². The van der Waals surface area contributed by atoms with Crippen LogP contribution in [-0.2, 0) is 0 Å². The Hall–Kier alpha value is -0.680. The van der Waals surface area contributed by atoms with Gasteiger partial charge in [-0.1, -0.05) is 6.42 Å². The third-order valence-electron chi connectivity index (χ3n) is 0. The van der Waals surface area contributed by atoms with Crippen molar-refractivity contribution in [2.45, 2.75) is 0 Å². The molecule has 4 heavy (non-hydrogen) atoms. The second kappa shape index (κ2) is 39.5. The van der Waals surface area contributed by atoms with E-state index in [1.165, 1.54) is 6.11 Å². The van der Waals surface area contributed by atoms with Crippen LogP contribution in [0.15, 0.2) is 0 Å². The first-order valence-corrected chi connectivity index (χ1v) is 0.512. The maximum Gasteiger partial charge on any atom is 0.103 e. The van der Waals surface area contributed by atoms with Gasteiger partial charge in [0.2, 0.25) is 0 Å². The van der Waals surface area contributed by atoms with Crippen molar-refractivity contribution < 1.29 is 5.11 Å². The van der Waals surface area contributed by atoms with Crippen LogP contribution in [0, 0.1) is 12.5 Å². The summed E-state index contributed by atoms with van der Waals surface area (Å²) in [5.41, 5.74) is 0. The second-order valence-corrected chi connectivity index (χ2v) is 0.129. The largest absolute Gasteiger partial charge is 0.462 e. The van der Waals surface area contributed by atoms with Gasteiger partial charge < -0.3 is 11.3 Å². The van der Waals surface area contributed by atoms with Gasteiger partial charge in [0.05, 0.1) is 0 Å².